The summed E-state index contributed by atoms with van der Waals surface area (Å²) in [6.07, 6.45) is 21.0. The molecule has 0 spiro atoms. The van der Waals surface area contributed by atoms with E-state index in [2.05, 4.69) is 99.3 Å². The second-order valence-corrected chi connectivity index (χ2v) is 14.8. The highest BCUT2D eigenvalue weighted by Crippen LogP contribution is 2.41. The van der Waals surface area contributed by atoms with Gasteiger partial charge in [0.15, 0.2) is 0 Å². The number of para-hydroxylation sites is 2. The van der Waals surface area contributed by atoms with Gasteiger partial charge in [-0.05, 0) is 61.5 Å². The Morgan fingerprint density at radius 2 is 0.783 bits per heavy atom. The van der Waals surface area contributed by atoms with Crippen molar-refractivity contribution in [1.82, 2.24) is 9.80 Å². The first-order valence-corrected chi connectivity index (χ1v) is 20.2. The van der Waals surface area contributed by atoms with Gasteiger partial charge in [-0.2, -0.15) is 0 Å². The van der Waals surface area contributed by atoms with E-state index in [1.165, 1.54) is 146 Å². The molecule has 0 fully saturated rings. The fraction of sp³-hybridized carbons (Fsp3) is 0.810. The minimum absolute atomic E-state index is 0.768. The lowest BCUT2D eigenvalue weighted by molar-refractivity contribution is 0.179. The predicted molar refractivity (Wildman–Crippen MR) is 207 cm³/mol. The molecule has 4 heteroatoms. The first-order valence-electron chi connectivity index (χ1n) is 20.2. The van der Waals surface area contributed by atoms with E-state index in [1.54, 1.807) is 0 Å². The first-order chi connectivity index (χ1) is 22.4. The van der Waals surface area contributed by atoms with E-state index in [-0.39, 0.29) is 0 Å². The molecule has 266 valence electrons. The van der Waals surface area contributed by atoms with Gasteiger partial charge in [-0.15, -0.1) is 0 Å². The molecule has 1 aliphatic heterocycles. The molecule has 0 radical (unpaired) electrons. The van der Waals surface area contributed by atoms with E-state index in [0.29, 0.717) is 0 Å². The molecule has 0 aliphatic carbocycles. The Bertz CT molecular complexity index is 808. The second-order valence-electron chi connectivity index (χ2n) is 14.8. The van der Waals surface area contributed by atoms with Crippen LogP contribution in [0.4, 0.5) is 11.4 Å². The molecule has 4 atom stereocenters. The zero-order valence-electron chi connectivity index (χ0n) is 32.2. The van der Waals surface area contributed by atoms with E-state index in [1.807, 2.05) is 0 Å². The molecule has 2 rings (SSSR count). The number of nitrogens with zero attached hydrogens (tertiary/aromatic N) is 4. The summed E-state index contributed by atoms with van der Waals surface area (Å²) in [5.41, 5.74) is 2.69. The van der Waals surface area contributed by atoms with Crippen molar-refractivity contribution < 1.29 is 0 Å². The van der Waals surface area contributed by atoms with Gasteiger partial charge in [0.1, 0.15) is 5.82 Å². The van der Waals surface area contributed by atoms with Gasteiger partial charge in [0, 0.05) is 26.2 Å². The van der Waals surface area contributed by atoms with Crippen LogP contribution in [0.25, 0.3) is 0 Å². The van der Waals surface area contributed by atoms with Gasteiger partial charge in [0.25, 0.3) is 0 Å². The van der Waals surface area contributed by atoms with Gasteiger partial charge >= 0.3 is 0 Å². The Morgan fingerprint density at radius 3 is 1.02 bits per heavy atom. The van der Waals surface area contributed by atoms with E-state index in [4.69, 9.17) is 6.58 Å². The molecule has 46 heavy (non-hydrogen) atoms. The average Bonchev–Trinajstić information content (AvgIpc) is 3.33. The largest absolute Gasteiger partial charge is 0.313 e. The third-order valence-electron chi connectivity index (χ3n) is 11.0. The normalized spacial score (nSPS) is 16.0. The topological polar surface area (TPSA) is 13.0 Å². The molecule has 0 amide bonds. The molecule has 0 N–H and O–H groups in total. The van der Waals surface area contributed by atoms with Crippen LogP contribution in [0.3, 0.4) is 0 Å². The minimum atomic E-state index is 0.768. The fourth-order valence-corrected chi connectivity index (χ4v) is 7.57. The van der Waals surface area contributed by atoms with Crippen LogP contribution in [0, 0.1) is 23.7 Å². The number of rotatable bonds is 28. The van der Waals surface area contributed by atoms with Crippen molar-refractivity contribution in [3.05, 3.63) is 36.7 Å². The molecular formula is C42H78N4. The van der Waals surface area contributed by atoms with Crippen LogP contribution in [-0.2, 0) is 0 Å². The summed E-state index contributed by atoms with van der Waals surface area (Å²) in [5, 5.41) is 0. The highest BCUT2D eigenvalue weighted by Gasteiger charge is 2.33. The van der Waals surface area contributed by atoms with Gasteiger partial charge in [0.05, 0.1) is 24.7 Å². The summed E-state index contributed by atoms with van der Waals surface area (Å²) in [5.74, 6) is 4.24. The molecule has 1 aromatic rings. The van der Waals surface area contributed by atoms with Crippen molar-refractivity contribution in [3.63, 3.8) is 0 Å². The number of hydrogen-bond acceptors (Lipinski definition) is 4. The number of anilines is 2. The summed E-state index contributed by atoms with van der Waals surface area (Å²) >= 11 is 0. The molecule has 0 saturated carbocycles. The maximum atomic E-state index is 4.83. The molecule has 0 bridgehead atoms. The number of fused-ring (bicyclic) bond motifs is 1. The Morgan fingerprint density at radius 1 is 0.500 bits per heavy atom. The van der Waals surface area contributed by atoms with Gasteiger partial charge in [0.2, 0.25) is 0 Å². The minimum Gasteiger partial charge on any atom is -0.313 e. The van der Waals surface area contributed by atoms with E-state index in [9.17, 15) is 0 Å². The highest BCUT2D eigenvalue weighted by molar-refractivity contribution is 5.82. The molecular weight excluding hydrogens is 560 g/mol. The Balaban J connectivity index is 2.36. The number of unbranched alkanes of at least 4 members (excludes halogenated alkanes) is 4. The van der Waals surface area contributed by atoms with Gasteiger partial charge in [-0.3, -0.25) is 9.80 Å². The summed E-state index contributed by atoms with van der Waals surface area (Å²) in [6, 6.07) is 9.15. The number of hydrogen-bond donors (Lipinski definition) is 0. The summed E-state index contributed by atoms with van der Waals surface area (Å²) in [6.45, 7) is 30.5. The lowest BCUT2D eigenvalue weighted by Gasteiger charge is -2.37. The molecule has 1 heterocycles. The third kappa shape index (κ3) is 13.5. The van der Waals surface area contributed by atoms with Crippen LogP contribution in [0.1, 0.15) is 158 Å². The van der Waals surface area contributed by atoms with Crippen molar-refractivity contribution in [1.29, 1.82) is 0 Å². The van der Waals surface area contributed by atoms with Crippen molar-refractivity contribution in [2.75, 3.05) is 49.3 Å². The first kappa shape index (κ1) is 40.7. The molecule has 4 unspecified atom stereocenters. The smallest absolute Gasteiger partial charge is 0.108 e. The molecule has 0 saturated heterocycles. The highest BCUT2D eigenvalue weighted by atomic mass is 15.5. The van der Waals surface area contributed by atoms with Crippen LogP contribution in [0.5, 0.6) is 0 Å². The standard InChI is InChI=1S/C42H78N4/c1-10-18-24-37(14-5)30-43(31-38(15-6)25-19-11-2)34-45-36(9)46(42-29-23-22-28-41(42)45)35-44(32-39(16-7)26-20-12-3)33-40(17-8)27-21-13-4/h22-23,28-29,37-40H,9-21,24-27,30-35H2,1-8H3. The Hall–Kier alpha value is -1.52. The van der Waals surface area contributed by atoms with Gasteiger partial charge < -0.3 is 9.80 Å². The second kappa shape index (κ2) is 23.7. The Kier molecular flexibility index (Phi) is 21.0. The average molecular weight is 639 g/mol. The van der Waals surface area contributed by atoms with Crippen LogP contribution < -0.4 is 9.80 Å². The van der Waals surface area contributed by atoms with E-state index < -0.39 is 0 Å². The zero-order valence-corrected chi connectivity index (χ0v) is 32.2. The van der Waals surface area contributed by atoms with Crippen LogP contribution >= 0.6 is 0 Å². The molecule has 0 aromatic heterocycles. The van der Waals surface area contributed by atoms with Crippen LogP contribution in [0.15, 0.2) is 36.7 Å². The molecule has 1 aromatic carbocycles. The van der Waals surface area contributed by atoms with E-state index >= 15 is 0 Å². The van der Waals surface area contributed by atoms with Crippen LogP contribution in [-0.4, -0.2) is 49.3 Å². The van der Waals surface area contributed by atoms with Crippen LogP contribution in [0.2, 0.25) is 0 Å². The molecule has 1 aliphatic rings. The fourth-order valence-electron chi connectivity index (χ4n) is 7.57. The lowest BCUT2D eigenvalue weighted by atomic mass is 9.96. The van der Waals surface area contributed by atoms with Gasteiger partial charge in [-0.1, -0.05) is 151 Å². The summed E-state index contributed by atoms with van der Waals surface area (Å²) in [7, 11) is 0. The summed E-state index contributed by atoms with van der Waals surface area (Å²) in [4.78, 5) is 10.8. The van der Waals surface area contributed by atoms with E-state index in [0.717, 1.165) is 37.0 Å². The van der Waals surface area contributed by atoms with Crippen molar-refractivity contribution >= 4 is 11.4 Å². The Labute approximate surface area is 288 Å². The third-order valence-corrected chi connectivity index (χ3v) is 11.0. The predicted octanol–water partition coefficient (Wildman–Crippen LogP) is 12.2. The zero-order chi connectivity index (χ0) is 33.7. The van der Waals surface area contributed by atoms with Crippen molar-refractivity contribution in [2.45, 2.75) is 158 Å². The maximum absolute atomic E-state index is 4.83. The quantitative estimate of drug-likeness (QED) is 0.0905. The van der Waals surface area contributed by atoms with Crippen molar-refractivity contribution in [2.24, 2.45) is 23.7 Å². The van der Waals surface area contributed by atoms with Gasteiger partial charge in [-0.25, -0.2) is 0 Å². The molecule has 4 nitrogen and oxygen atoms in total. The van der Waals surface area contributed by atoms with Crippen molar-refractivity contribution in [3.8, 4) is 0 Å². The maximum Gasteiger partial charge on any atom is 0.108 e. The SMILES string of the molecule is C=C1N(CN(CC(CC)CCCC)CC(CC)CCCC)c2ccccc2N1CN(CC(CC)CCCC)CC(CC)CCCC. The number of benzene rings is 1. The summed E-state index contributed by atoms with van der Waals surface area (Å²) < 4.78 is 0. The monoisotopic (exact) mass is 639 g/mol. The lowest BCUT2D eigenvalue weighted by Crippen LogP contribution is -2.45.